The van der Waals surface area contributed by atoms with Crippen LogP contribution in [0.15, 0.2) is 40.9 Å². The van der Waals surface area contributed by atoms with E-state index in [0.29, 0.717) is 13.2 Å². The summed E-state index contributed by atoms with van der Waals surface area (Å²) in [5, 5.41) is 3.45. The van der Waals surface area contributed by atoms with Gasteiger partial charge in [-0.1, -0.05) is 19.1 Å². The van der Waals surface area contributed by atoms with Gasteiger partial charge in [-0.3, -0.25) is 0 Å². The first-order valence-electron chi connectivity index (χ1n) is 7.17. The third-order valence-electron chi connectivity index (χ3n) is 3.49. The van der Waals surface area contributed by atoms with Crippen molar-refractivity contribution in [1.29, 1.82) is 0 Å². The number of aryl methyl sites for hydroxylation is 1. The minimum Gasteiger partial charge on any atom is -0.486 e. The van der Waals surface area contributed by atoms with Crippen LogP contribution in [0.5, 0.6) is 11.5 Å². The Kier molecular flexibility index (Phi) is 4.34. The second-order valence-corrected chi connectivity index (χ2v) is 5.86. The quantitative estimate of drug-likeness (QED) is 0.889. The van der Waals surface area contributed by atoms with Gasteiger partial charge in [-0.25, -0.2) is 0 Å². The number of halogens is 1. The fourth-order valence-electron chi connectivity index (χ4n) is 2.37. The van der Waals surface area contributed by atoms with Crippen LogP contribution in [0.25, 0.3) is 0 Å². The topological polar surface area (TPSA) is 30.5 Å². The highest BCUT2D eigenvalue weighted by atomic mass is 79.9. The van der Waals surface area contributed by atoms with Gasteiger partial charge in [0, 0.05) is 12.2 Å². The fourth-order valence-corrected chi connectivity index (χ4v) is 2.98. The van der Waals surface area contributed by atoms with Crippen LogP contribution >= 0.6 is 15.9 Å². The molecular weight excluding hydrogens is 330 g/mol. The summed E-state index contributed by atoms with van der Waals surface area (Å²) < 4.78 is 12.2. The first-order valence-corrected chi connectivity index (χ1v) is 7.96. The number of fused-ring (bicyclic) bond motifs is 1. The van der Waals surface area contributed by atoms with Gasteiger partial charge in [0.1, 0.15) is 13.2 Å². The molecule has 0 radical (unpaired) electrons. The minimum absolute atomic E-state index is 0.604. The van der Waals surface area contributed by atoms with Crippen LogP contribution in [0.2, 0.25) is 0 Å². The molecule has 4 heteroatoms. The van der Waals surface area contributed by atoms with Crippen LogP contribution in [-0.2, 0) is 13.0 Å². The predicted molar refractivity (Wildman–Crippen MR) is 88.3 cm³/mol. The Morgan fingerprint density at radius 1 is 1.10 bits per heavy atom. The molecule has 0 saturated carbocycles. The van der Waals surface area contributed by atoms with Gasteiger partial charge in [0.2, 0.25) is 0 Å². The number of hydrogen-bond acceptors (Lipinski definition) is 3. The number of benzene rings is 2. The summed E-state index contributed by atoms with van der Waals surface area (Å²) in [5.41, 5.74) is 3.64. The Balaban J connectivity index is 1.74. The summed E-state index contributed by atoms with van der Waals surface area (Å²) in [6.07, 6.45) is 1.05. The van der Waals surface area contributed by atoms with Gasteiger partial charge in [0.25, 0.3) is 0 Å². The van der Waals surface area contributed by atoms with Crippen molar-refractivity contribution in [1.82, 2.24) is 0 Å². The summed E-state index contributed by atoms with van der Waals surface area (Å²) in [4.78, 5) is 0. The first-order chi connectivity index (χ1) is 10.3. The number of nitrogens with one attached hydrogen (secondary N) is 1. The lowest BCUT2D eigenvalue weighted by atomic mass is 10.1. The number of hydrogen-bond donors (Lipinski definition) is 1. The predicted octanol–water partition coefficient (Wildman–Crippen LogP) is 4.39. The zero-order valence-electron chi connectivity index (χ0n) is 12.0. The average molecular weight is 348 g/mol. The highest BCUT2D eigenvalue weighted by Gasteiger charge is 2.16. The molecule has 1 N–H and O–H groups in total. The number of ether oxygens (including phenoxy) is 2. The van der Waals surface area contributed by atoms with E-state index in [1.54, 1.807) is 0 Å². The Labute approximate surface area is 133 Å². The van der Waals surface area contributed by atoms with Gasteiger partial charge in [0.05, 0.1) is 4.47 Å². The van der Waals surface area contributed by atoms with Gasteiger partial charge >= 0.3 is 0 Å². The number of rotatable bonds is 4. The summed E-state index contributed by atoms with van der Waals surface area (Å²) in [7, 11) is 0. The summed E-state index contributed by atoms with van der Waals surface area (Å²) >= 11 is 3.55. The van der Waals surface area contributed by atoms with E-state index in [1.165, 1.54) is 5.56 Å². The van der Waals surface area contributed by atoms with E-state index < -0.39 is 0 Å². The molecule has 0 saturated heterocycles. The van der Waals surface area contributed by atoms with Crippen LogP contribution in [0.3, 0.4) is 0 Å². The molecule has 3 nitrogen and oxygen atoms in total. The minimum atomic E-state index is 0.604. The van der Waals surface area contributed by atoms with Gasteiger partial charge in [-0.05, 0) is 57.7 Å². The van der Waals surface area contributed by atoms with Crippen molar-refractivity contribution >= 4 is 21.6 Å². The molecule has 21 heavy (non-hydrogen) atoms. The van der Waals surface area contributed by atoms with E-state index in [0.717, 1.165) is 40.2 Å². The maximum absolute atomic E-state index is 5.65. The van der Waals surface area contributed by atoms with Gasteiger partial charge < -0.3 is 14.8 Å². The van der Waals surface area contributed by atoms with Gasteiger partial charge in [-0.2, -0.15) is 0 Å². The lowest BCUT2D eigenvalue weighted by Gasteiger charge is -2.20. The maximum atomic E-state index is 5.65. The van der Waals surface area contributed by atoms with Crippen molar-refractivity contribution in [3.05, 3.63) is 52.0 Å². The molecule has 2 aromatic carbocycles. The Hall–Kier alpha value is -1.68. The van der Waals surface area contributed by atoms with Gasteiger partial charge in [-0.15, -0.1) is 0 Å². The molecule has 110 valence electrons. The van der Waals surface area contributed by atoms with Crippen LogP contribution < -0.4 is 14.8 Å². The lowest BCUT2D eigenvalue weighted by Crippen LogP contribution is -2.16. The molecule has 1 aliphatic rings. The standard InChI is InChI=1S/C17H18BrNO2/c1-2-12-4-3-5-14(8-12)19-11-13-9-15(18)17-16(10-13)20-6-7-21-17/h3-5,8-10,19H,2,6-7,11H2,1H3. The zero-order valence-corrected chi connectivity index (χ0v) is 13.6. The molecule has 0 spiro atoms. The van der Waals surface area contributed by atoms with Crippen LogP contribution in [0.4, 0.5) is 5.69 Å². The molecular formula is C17H18BrNO2. The van der Waals surface area contributed by atoms with E-state index in [1.807, 2.05) is 6.07 Å². The Morgan fingerprint density at radius 3 is 2.81 bits per heavy atom. The summed E-state index contributed by atoms with van der Waals surface area (Å²) in [6, 6.07) is 12.6. The summed E-state index contributed by atoms with van der Waals surface area (Å²) in [6.45, 7) is 4.13. The third-order valence-corrected chi connectivity index (χ3v) is 4.08. The second-order valence-electron chi connectivity index (χ2n) is 5.01. The van der Waals surface area contributed by atoms with E-state index in [-0.39, 0.29) is 0 Å². The van der Waals surface area contributed by atoms with Crippen molar-refractivity contribution in [2.45, 2.75) is 19.9 Å². The first kappa shape index (κ1) is 14.3. The smallest absolute Gasteiger partial charge is 0.175 e. The van der Waals surface area contributed by atoms with Crippen LogP contribution in [0, 0.1) is 0 Å². The normalized spacial score (nSPS) is 13.0. The highest BCUT2D eigenvalue weighted by Crippen LogP contribution is 2.38. The van der Waals surface area contributed by atoms with E-state index in [9.17, 15) is 0 Å². The van der Waals surface area contributed by atoms with Crippen molar-refractivity contribution in [2.75, 3.05) is 18.5 Å². The molecule has 0 aromatic heterocycles. The van der Waals surface area contributed by atoms with Crippen molar-refractivity contribution in [2.24, 2.45) is 0 Å². The molecule has 0 bridgehead atoms. The van der Waals surface area contributed by atoms with E-state index >= 15 is 0 Å². The Bertz CT molecular complexity index is 643. The molecule has 1 aliphatic heterocycles. The van der Waals surface area contributed by atoms with Crippen LogP contribution in [-0.4, -0.2) is 13.2 Å². The molecule has 2 aromatic rings. The van der Waals surface area contributed by atoms with Gasteiger partial charge in [0.15, 0.2) is 11.5 Å². The zero-order chi connectivity index (χ0) is 14.7. The fraction of sp³-hybridized carbons (Fsp3) is 0.294. The molecule has 0 aliphatic carbocycles. The molecule has 1 heterocycles. The van der Waals surface area contributed by atoms with Crippen molar-refractivity contribution in [3.8, 4) is 11.5 Å². The monoisotopic (exact) mass is 347 g/mol. The molecule has 0 unspecified atom stereocenters. The molecule has 0 atom stereocenters. The van der Waals surface area contributed by atoms with E-state index in [2.05, 4.69) is 58.5 Å². The number of anilines is 1. The summed E-state index contributed by atoms with van der Waals surface area (Å²) in [5.74, 6) is 1.62. The Morgan fingerprint density at radius 2 is 1.95 bits per heavy atom. The highest BCUT2D eigenvalue weighted by molar-refractivity contribution is 9.10. The second kappa shape index (κ2) is 6.39. The van der Waals surface area contributed by atoms with Crippen molar-refractivity contribution < 1.29 is 9.47 Å². The average Bonchev–Trinajstić information content (AvgIpc) is 2.53. The third kappa shape index (κ3) is 3.32. The molecule has 3 rings (SSSR count). The largest absolute Gasteiger partial charge is 0.486 e. The molecule has 0 fully saturated rings. The SMILES string of the molecule is CCc1cccc(NCc2cc(Br)c3c(c2)OCCO3)c1. The molecule has 0 amide bonds. The van der Waals surface area contributed by atoms with Crippen molar-refractivity contribution in [3.63, 3.8) is 0 Å². The lowest BCUT2D eigenvalue weighted by molar-refractivity contribution is 0.170. The van der Waals surface area contributed by atoms with E-state index in [4.69, 9.17) is 9.47 Å². The van der Waals surface area contributed by atoms with Crippen LogP contribution in [0.1, 0.15) is 18.1 Å². The maximum Gasteiger partial charge on any atom is 0.175 e.